The fourth-order valence-electron chi connectivity index (χ4n) is 13.2. The number of carbonyl (C=O) groups is 1. The lowest BCUT2D eigenvalue weighted by atomic mass is 9.47. The van der Waals surface area contributed by atoms with Crippen LogP contribution in [0.4, 0.5) is 0 Å². The number of allylic oxidation sites excluding steroid dienone is 2. The van der Waals surface area contributed by atoms with Crippen molar-refractivity contribution in [1.29, 1.82) is 0 Å². The van der Waals surface area contributed by atoms with E-state index in [9.17, 15) is 4.79 Å². The minimum Gasteiger partial charge on any atom is -0.343 e. The highest BCUT2D eigenvalue weighted by atomic mass is 33.1. The summed E-state index contributed by atoms with van der Waals surface area (Å²) in [5.41, 5.74) is 8.88. The summed E-state index contributed by atoms with van der Waals surface area (Å²) in [7, 11) is 4.11. The third kappa shape index (κ3) is 8.71. The van der Waals surface area contributed by atoms with Crippen LogP contribution in [-0.2, 0) is 4.79 Å². The van der Waals surface area contributed by atoms with Crippen LogP contribution in [0.2, 0.25) is 0 Å². The van der Waals surface area contributed by atoms with Crippen LogP contribution in [0.15, 0.2) is 11.6 Å². The summed E-state index contributed by atoms with van der Waals surface area (Å²) in [6.45, 7) is 19.6. The van der Waals surface area contributed by atoms with Crippen molar-refractivity contribution in [2.45, 2.75) is 175 Å². The Bertz CT molecular complexity index is 1120. The molecule has 0 aliphatic heterocycles. The van der Waals surface area contributed by atoms with Gasteiger partial charge in [0, 0.05) is 36.6 Å². The third-order valence-electron chi connectivity index (χ3n) is 16.6. The van der Waals surface area contributed by atoms with Gasteiger partial charge in [-0.3, -0.25) is 4.79 Å². The summed E-state index contributed by atoms with van der Waals surface area (Å²) in [5.74, 6) is 10.2. The second-order valence-corrected chi connectivity index (χ2v) is 22.8. The molecule has 5 fully saturated rings. The van der Waals surface area contributed by atoms with Crippen molar-refractivity contribution < 1.29 is 4.79 Å². The van der Waals surface area contributed by atoms with Crippen LogP contribution < -0.4 is 5.73 Å². The molecule has 6 rings (SSSR count). The van der Waals surface area contributed by atoms with Gasteiger partial charge in [-0.1, -0.05) is 94.5 Å². The molecule has 5 unspecified atom stereocenters. The Labute approximate surface area is 317 Å². The van der Waals surface area contributed by atoms with E-state index < -0.39 is 0 Å². The molecule has 0 heterocycles. The van der Waals surface area contributed by atoms with Crippen molar-refractivity contribution >= 4 is 27.5 Å². The van der Waals surface area contributed by atoms with Gasteiger partial charge < -0.3 is 10.6 Å². The lowest BCUT2D eigenvalue weighted by Gasteiger charge is -2.58. The molecule has 0 bridgehead atoms. The van der Waals surface area contributed by atoms with E-state index in [-0.39, 0.29) is 0 Å². The van der Waals surface area contributed by atoms with E-state index in [1.807, 2.05) is 16.4 Å². The number of hydrogen-bond acceptors (Lipinski definition) is 4. The van der Waals surface area contributed by atoms with E-state index in [4.69, 9.17) is 5.73 Å². The zero-order valence-electron chi connectivity index (χ0n) is 33.6. The fraction of sp³-hybridized carbons (Fsp3) is 0.933. The van der Waals surface area contributed by atoms with Gasteiger partial charge in [-0.2, -0.15) is 0 Å². The number of nitrogens with zero attached hydrogens (tertiary/aromatic N) is 1. The molecule has 0 saturated heterocycles. The summed E-state index contributed by atoms with van der Waals surface area (Å²) < 4.78 is 0. The monoisotopic (exact) mass is 727 g/mol. The Morgan fingerprint density at radius 3 is 2.34 bits per heavy atom. The Hall–Kier alpha value is -0.130. The van der Waals surface area contributed by atoms with Crippen molar-refractivity contribution in [2.75, 3.05) is 18.8 Å². The maximum absolute atomic E-state index is 13.4. The summed E-state index contributed by atoms with van der Waals surface area (Å²) in [6.07, 6.45) is 26.4. The number of carbonyl (C=O) groups excluding carboxylic acids is 1. The Kier molecular flexibility index (Phi) is 13.5. The minimum absolute atomic E-state index is 0.403. The van der Waals surface area contributed by atoms with Gasteiger partial charge >= 0.3 is 0 Å². The molecule has 1 amide bonds. The van der Waals surface area contributed by atoms with E-state index in [2.05, 4.69) is 70.2 Å². The highest BCUT2D eigenvalue weighted by molar-refractivity contribution is 8.76. The normalized spacial score (nSPS) is 40.5. The maximum atomic E-state index is 13.4. The van der Waals surface area contributed by atoms with E-state index in [0.29, 0.717) is 34.4 Å². The van der Waals surface area contributed by atoms with Gasteiger partial charge in [-0.05, 0) is 166 Å². The average molecular weight is 727 g/mol. The molecular weight excluding hydrogens is 649 g/mol. The molecule has 6 aliphatic rings. The van der Waals surface area contributed by atoms with Gasteiger partial charge in [0.2, 0.25) is 5.91 Å². The maximum Gasteiger partial charge on any atom is 0.223 e. The fourth-order valence-corrected chi connectivity index (χ4v) is 15.8. The Morgan fingerprint density at radius 2 is 1.68 bits per heavy atom. The van der Waals surface area contributed by atoms with Crippen LogP contribution in [0, 0.1) is 70.0 Å². The van der Waals surface area contributed by atoms with Gasteiger partial charge in [0.05, 0.1) is 0 Å². The van der Waals surface area contributed by atoms with E-state index in [1.165, 1.54) is 89.9 Å². The van der Waals surface area contributed by atoms with Crippen LogP contribution in [0.25, 0.3) is 0 Å². The summed E-state index contributed by atoms with van der Waals surface area (Å²) in [5, 5.41) is 0.717. The SMILES string of the molecule is CC[C@H](CC[C@@H](C)C1CCC2[C@@H]3CC=C4C[C@@H](SSCCC(=O)N(CCC5CC(C)C5)CCC5CC(N)C5)CCC4(C)C3CCC21C)C(C)C. The molecule has 3 nitrogen and oxygen atoms in total. The standard InChI is InChI=1S/C45H78N2OS2/c1-8-35(30(2)3)10-9-32(5)40-13-14-41-39-12-11-36-29-38(15-20-44(36,6)42(39)16-21-45(40,41)7)50-49-24-19-43(48)47(22-17-33-25-31(4)26-33)23-18-34-27-37(46)28-34/h11,30-35,37-42H,8-10,12-29,46H2,1-7H3/t31?,32-,33?,34?,35-,37?,38+,39+,40?,41?,42?,44?,45?/m1/s1. The van der Waals surface area contributed by atoms with Crippen molar-refractivity contribution in [1.82, 2.24) is 4.90 Å². The number of nitrogens with two attached hydrogens (primary N) is 1. The molecule has 2 N–H and O–H groups in total. The highest BCUT2D eigenvalue weighted by Gasteiger charge is 2.59. The van der Waals surface area contributed by atoms with Gasteiger partial charge in [0.15, 0.2) is 0 Å². The molecule has 6 aliphatic carbocycles. The van der Waals surface area contributed by atoms with Gasteiger partial charge in [-0.25, -0.2) is 0 Å². The van der Waals surface area contributed by atoms with Crippen LogP contribution >= 0.6 is 21.6 Å². The van der Waals surface area contributed by atoms with Crippen molar-refractivity contribution in [3.05, 3.63) is 11.6 Å². The molecule has 0 aromatic rings. The van der Waals surface area contributed by atoms with Gasteiger partial charge in [0.25, 0.3) is 0 Å². The smallest absolute Gasteiger partial charge is 0.223 e. The van der Waals surface area contributed by atoms with Crippen LogP contribution in [0.5, 0.6) is 0 Å². The molecule has 0 aromatic carbocycles. The van der Waals surface area contributed by atoms with Gasteiger partial charge in [0.1, 0.15) is 0 Å². The summed E-state index contributed by atoms with van der Waals surface area (Å²) in [4.78, 5) is 15.7. The number of rotatable bonds is 17. The Morgan fingerprint density at radius 1 is 0.960 bits per heavy atom. The average Bonchev–Trinajstić information content (AvgIpc) is 3.42. The van der Waals surface area contributed by atoms with Crippen molar-refractivity contribution in [2.24, 2.45) is 75.7 Å². The first-order chi connectivity index (χ1) is 23.9. The van der Waals surface area contributed by atoms with Crippen LogP contribution in [-0.4, -0.2) is 40.9 Å². The van der Waals surface area contributed by atoms with Crippen LogP contribution in [0.1, 0.15) is 164 Å². The molecular formula is C45H78N2OS2. The molecule has 0 aromatic heterocycles. The first kappa shape index (κ1) is 39.6. The summed E-state index contributed by atoms with van der Waals surface area (Å²) in [6, 6.07) is 0.406. The zero-order valence-corrected chi connectivity index (χ0v) is 35.2. The second kappa shape index (κ2) is 17.1. The predicted molar refractivity (Wildman–Crippen MR) is 219 cm³/mol. The highest BCUT2D eigenvalue weighted by Crippen LogP contribution is 2.68. The minimum atomic E-state index is 0.403. The van der Waals surface area contributed by atoms with Gasteiger partial charge in [-0.15, -0.1) is 0 Å². The molecule has 0 radical (unpaired) electrons. The first-order valence-electron chi connectivity index (χ1n) is 21.9. The van der Waals surface area contributed by atoms with E-state index in [1.54, 1.807) is 0 Å². The quantitative estimate of drug-likeness (QED) is 0.0921. The lowest BCUT2D eigenvalue weighted by Crippen LogP contribution is -2.50. The lowest BCUT2D eigenvalue weighted by molar-refractivity contribution is -0.131. The number of fused-ring (bicyclic) bond motifs is 5. The van der Waals surface area contributed by atoms with E-state index in [0.717, 1.165) is 97.3 Å². The molecule has 5 heteroatoms. The molecule has 0 spiro atoms. The zero-order chi connectivity index (χ0) is 35.6. The first-order valence-corrected chi connectivity index (χ1v) is 24.3. The molecule has 5 saturated carbocycles. The largest absolute Gasteiger partial charge is 0.343 e. The number of amides is 1. The number of hydrogen-bond donors (Lipinski definition) is 1. The summed E-state index contributed by atoms with van der Waals surface area (Å²) >= 11 is 0. The van der Waals surface area contributed by atoms with Crippen LogP contribution in [0.3, 0.4) is 0 Å². The topological polar surface area (TPSA) is 46.3 Å². The van der Waals surface area contributed by atoms with Crippen molar-refractivity contribution in [3.8, 4) is 0 Å². The van der Waals surface area contributed by atoms with E-state index >= 15 is 0 Å². The molecule has 50 heavy (non-hydrogen) atoms. The van der Waals surface area contributed by atoms with Crippen molar-refractivity contribution in [3.63, 3.8) is 0 Å². The third-order valence-corrected chi connectivity index (χ3v) is 19.5. The molecule has 9 atom stereocenters. The second-order valence-electron chi connectivity index (χ2n) is 20.0. The Balaban J connectivity index is 0.964. The molecule has 286 valence electrons. The predicted octanol–water partition coefficient (Wildman–Crippen LogP) is 12.2.